The number of rotatable bonds is 5. The highest BCUT2D eigenvalue weighted by molar-refractivity contribution is 7.16. The molecule has 0 saturated carbocycles. The van der Waals surface area contributed by atoms with E-state index >= 15 is 0 Å². The van der Waals surface area contributed by atoms with E-state index in [1.165, 1.54) is 17.7 Å². The second-order valence-electron chi connectivity index (χ2n) is 5.24. The molecule has 6 nitrogen and oxygen atoms in total. The Balaban J connectivity index is 2.13. The molecule has 0 atom stereocenters. The van der Waals surface area contributed by atoms with Crippen molar-refractivity contribution in [1.82, 2.24) is 14.3 Å². The van der Waals surface area contributed by atoms with E-state index in [1.807, 2.05) is 6.92 Å². The molecular weight excluding hydrogens is 350 g/mol. The first kappa shape index (κ1) is 17.4. The molecule has 1 aromatic carbocycles. The third-order valence-corrected chi connectivity index (χ3v) is 4.62. The van der Waals surface area contributed by atoms with Crippen LogP contribution in [0.3, 0.4) is 0 Å². The molecule has 132 valence electrons. The number of amides is 1. The average Bonchev–Trinajstić information content (AvgIpc) is 3.17. The van der Waals surface area contributed by atoms with Crippen molar-refractivity contribution >= 4 is 27.5 Å². The van der Waals surface area contributed by atoms with Gasteiger partial charge in [0.05, 0.1) is 16.8 Å². The number of ether oxygens (including phenoxy) is 1. The second-order valence-corrected chi connectivity index (χ2v) is 6.25. The fourth-order valence-corrected chi connectivity index (χ4v) is 3.49. The van der Waals surface area contributed by atoms with Crippen molar-refractivity contribution in [2.24, 2.45) is 4.99 Å². The highest BCUT2D eigenvalue weighted by Crippen LogP contribution is 2.22. The summed E-state index contributed by atoms with van der Waals surface area (Å²) in [7, 11) is 1.52. The van der Waals surface area contributed by atoms with E-state index in [0.717, 1.165) is 17.4 Å². The van der Waals surface area contributed by atoms with Crippen LogP contribution in [0.25, 0.3) is 10.2 Å². The molecule has 2 heterocycles. The number of thiazole rings is 1. The summed E-state index contributed by atoms with van der Waals surface area (Å²) in [6.07, 6.45) is 1.68. The Morgan fingerprint density at radius 1 is 1.40 bits per heavy atom. The van der Waals surface area contributed by atoms with Crippen LogP contribution in [-0.2, 0) is 17.8 Å². The second kappa shape index (κ2) is 7.24. The fraction of sp³-hybridized carbons (Fsp3) is 0.312. The fourth-order valence-electron chi connectivity index (χ4n) is 2.40. The molecule has 25 heavy (non-hydrogen) atoms. The van der Waals surface area contributed by atoms with E-state index in [2.05, 4.69) is 10.1 Å². The summed E-state index contributed by atoms with van der Waals surface area (Å²) in [6, 6.07) is 3.61. The number of aromatic nitrogens is 3. The maximum absolute atomic E-state index is 14.2. The standard InChI is InChI=1S/C16H16F2N4O2S/c1-3-21-5-4-12(20-21)15(23)19-16-22(6-7-24-2)14-11(18)8-10(17)9-13(14)25-16/h4-5,8-9H,3,6-7H2,1-2H3. The van der Waals surface area contributed by atoms with Gasteiger partial charge >= 0.3 is 0 Å². The number of halogens is 2. The number of fused-ring (bicyclic) bond motifs is 1. The molecule has 9 heteroatoms. The Bertz CT molecular complexity index is 990. The summed E-state index contributed by atoms with van der Waals surface area (Å²) in [6.45, 7) is 3.12. The van der Waals surface area contributed by atoms with Gasteiger partial charge in [0.2, 0.25) is 0 Å². The lowest BCUT2D eigenvalue weighted by atomic mass is 10.3. The van der Waals surface area contributed by atoms with Crippen molar-refractivity contribution in [3.05, 3.63) is 46.5 Å². The Morgan fingerprint density at radius 2 is 2.20 bits per heavy atom. The minimum Gasteiger partial charge on any atom is -0.383 e. The molecule has 0 fully saturated rings. The Kier molecular flexibility index (Phi) is 5.05. The third kappa shape index (κ3) is 3.52. The van der Waals surface area contributed by atoms with Crippen molar-refractivity contribution in [1.29, 1.82) is 0 Å². The quantitative estimate of drug-likeness (QED) is 0.697. The zero-order valence-electron chi connectivity index (χ0n) is 13.7. The van der Waals surface area contributed by atoms with Crippen molar-refractivity contribution in [3.8, 4) is 0 Å². The maximum Gasteiger partial charge on any atom is 0.300 e. The largest absolute Gasteiger partial charge is 0.383 e. The monoisotopic (exact) mass is 366 g/mol. The minimum atomic E-state index is -0.702. The van der Waals surface area contributed by atoms with E-state index in [-0.39, 0.29) is 22.6 Å². The lowest BCUT2D eigenvalue weighted by Crippen LogP contribution is -2.20. The molecule has 0 aliphatic carbocycles. The molecule has 0 bridgehead atoms. The van der Waals surface area contributed by atoms with Gasteiger partial charge in [-0.05, 0) is 19.1 Å². The molecule has 3 rings (SSSR count). The van der Waals surface area contributed by atoms with Crippen molar-refractivity contribution in [2.45, 2.75) is 20.0 Å². The van der Waals surface area contributed by atoms with Crippen molar-refractivity contribution in [2.75, 3.05) is 13.7 Å². The van der Waals surface area contributed by atoms with Gasteiger partial charge in [-0.1, -0.05) is 11.3 Å². The number of benzene rings is 1. The van der Waals surface area contributed by atoms with Gasteiger partial charge < -0.3 is 9.30 Å². The number of carbonyl (C=O) groups is 1. The Hall–Kier alpha value is -2.39. The van der Waals surface area contributed by atoms with Gasteiger partial charge in [-0.2, -0.15) is 10.1 Å². The summed E-state index contributed by atoms with van der Waals surface area (Å²) < 4.78 is 36.2. The number of hydrogen-bond acceptors (Lipinski definition) is 4. The summed E-state index contributed by atoms with van der Waals surface area (Å²) in [4.78, 5) is 16.7. The van der Waals surface area contributed by atoms with Gasteiger partial charge in [0.1, 0.15) is 5.82 Å². The van der Waals surface area contributed by atoms with Crippen molar-refractivity contribution < 1.29 is 18.3 Å². The number of nitrogens with zero attached hydrogens (tertiary/aromatic N) is 4. The summed E-state index contributed by atoms with van der Waals surface area (Å²) in [5.41, 5.74) is 0.401. The van der Waals surface area contributed by atoms with Gasteiger partial charge in [0, 0.05) is 32.5 Å². The van der Waals surface area contributed by atoms with Crippen LogP contribution in [0.5, 0.6) is 0 Å². The number of hydrogen-bond donors (Lipinski definition) is 0. The lowest BCUT2D eigenvalue weighted by Gasteiger charge is -2.05. The molecular formula is C16H16F2N4O2S. The first-order valence-corrected chi connectivity index (χ1v) is 8.45. The highest BCUT2D eigenvalue weighted by Gasteiger charge is 2.15. The van der Waals surface area contributed by atoms with Crippen LogP contribution >= 0.6 is 11.3 Å². The zero-order valence-corrected chi connectivity index (χ0v) is 14.5. The lowest BCUT2D eigenvalue weighted by molar-refractivity contribution is 0.0991. The molecule has 0 radical (unpaired) electrons. The first-order chi connectivity index (χ1) is 12.0. The number of methoxy groups -OCH3 is 1. The minimum absolute atomic E-state index is 0.198. The van der Waals surface area contributed by atoms with Gasteiger partial charge in [-0.15, -0.1) is 0 Å². The van der Waals surface area contributed by atoms with Gasteiger partial charge in [-0.3, -0.25) is 9.48 Å². The van der Waals surface area contributed by atoms with Crippen LogP contribution in [0, 0.1) is 11.6 Å². The number of aryl methyl sites for hydroxylation is 1. The van der Waals surface area contributed by atoms with E-state index in [1.54, 1.807) is 16.9 Å². The molecule has 0 spiro atoms. The molecule has 0 aliphatic rings. The van der Waals surface area contributed by atoms with E-state index in [9.17, 15) is 13.6 Å². The van der Waals surface area contributed by atoms with Crippen LogP contribution in [-0.4, -0.2) is 34.0 Å². The maximum atomic E-state index is 14.2. The van der Waals surface area contributed by atoms with Crippen LogP contribution < -0.4 is 4.80 Å². The summed E-state index contributed by atoms with van der Waals surface area (Å²) >= 11 is 1.04. The first-order valence-electron chi connectivity index (χ1n) is 7.63. The van der Waals surface area contributed by atoms with E-state index in [4.69, 9.17) is 4.74 Å². The molecule has 3 aromatic rings. The van der Waals surface area contributed by atoms with E-state index < -0.39 is 17.5 Å². The predicted octanol–water partition coefficient (Wildman–Crippen LogP) is 2.58. The molecule has 2 aromatic heterocycles. The van der Waals surface area contributed by atoms with Gasteiger partial charge in [0.25, 0.3) is 5.91 Å². The predicted molar refractivity (Wildman–Crippen MR) is 89.4 cm³/mol. The normalized spacial score (nSPS) is 12.2. The van der Waals surface area contributed by atoms with Crippen molar-refractivity contribution in [3.63, 3.8) is 0 Å². The molecule has 1 amide bonds. The SMILES string of the molecule is CCn1ccc(C(=O)N=c2sc3cc(F)cc(F)c3n2CCOC)n1. The topological polar surface area (TPSA) is 61.4 Å². The zero-order chi connectivity index (χ0) is 18.0. The summed E-state index contributed by atoms with van der Waals surface area (Å²) in [5, 5.41) is 4.11. The molecule has 0 saturated heterocycles. The summed E-state index contributed by atoms with van der Waals surface area (Å²) in [5.74, 6) is -1.91. The smallest absolute Gasteiger partial charge is 0.300 e. The van der Waals surface area contributed by atoms with E-state index in [0.29, 0.717) is 17.9 Å². The highest BCUT2D eigenvalue weighted by atomic mass is 32.1. The molecule has 0 N–H and O–H groups in total. The molecule has 0 unspecified atom stereocenters. The Morgan fingerprint density at radius 3 is 2.88 bits per heavy atom. The van der Waals surface area contributed by atoms with Crippen LogP contribution in [0.2, 0.25) is 0 Å². The van der Waals surface area contributed by atoms with Crippen LogP contribution in [0.1, 0.15) is 17.4 Å². The van der Waals surface area contributed by atoms with Crippen LogP contribution in [0.15, 0.2) is 29.4 Å². The molecule has 0 aliphatic heterocycles. The van der Waals surface area contributed by atoms with Gasteiger partial charge in [-0.25, -0.2) is 8.78 Å². The number of carbonyl (C=O) groups excluding carboxylic acids is 1. The average molecular weight is 366 g/mol. The third-order valence-electron chi connectivity index (χ3n) is 3.60. The van der Waals surface area contributed by atoms with Crippen LogP contribution in [0.4, 0.5) is 8.78 Å². The Labute approximate surface area is 146 Å². The van der Waals surface area contributed by atoms with Gasteiger partial charge in [0.15, 0.2) is 16.3 Å².